The molecule has 1 heteroatoms. The number of hydrogen-bond donors (Lipinski definition) is 0. The first-order valence-electron chi connectivity index (χ1n) is 9.91. The maximum Gasteiger partial charge on any atom is 0.0839 e. The summed E-state index contributed by atoms with van der Waals surface area (Å²) in [6.45, 7) is 18.8. The molecule has 2 aliphatic carbocycles. The van der Waals surface area contributed by atoms with Crippen molar-refractivity contribution in [2.45, 2.75) is 61.8 Å². The zero-order valence-corrected chi connectivity index (χ0v) is 19.3. The third kappa shape index (κ3) is 2.72. The molecule has 1 aromatic rings. The van der Waals surface area contributed by atoms with E-state index in [0.717, 1.165) is 6.42 Å². The molecule has 3 rings (SSSR count). The highest BCUT2D eigenvalue weighted by Gasteiger charge is 2.50. The van der Waals surface area contributed by atoms with Crippen molar-refractivity contribution in [2.75, 3.05) is 0 Å². The van der Waals surface area contributed by atoms with Crippen molar-refractivity contribution in [2.24, 2.45) is 10.8 Å². The Labute approximate surface area is 162 Å². The maximum absolute atomic E-state index is 2.52. The van der Waals surface area contributed by atoms with Crippen LogP contribution in [0.2, 0.25) is 0 Å². The van der Waals surface area contributed by atoms with Gasteiger partial charge in [0.05, 0.1) is 9.52 Å². The van der Waals surface area contributed by atoms with Crippen LogP contribution in [0.4, 0.5) is 0 Å². The number of rotatable bonds is 3. The molecule has 0 spiro atoms. The van der Waals surface area contributed by atoms with E-state index in [-0.39, 0.29) is 10.8 Å². The summed E-state index contributed by atoms with van der Waals surface area (Å²) in [6.07, 6.45) is 10.4. The lowest BCUT2D eigenvalue weighted by Gasteiger charge is -2.47. The average molecular weight is 363 g/mol. The first-order chi connectivity index (χ1) is 12.1. The van der Waals surface area contributed by atoms with Crippen LogP contribution < -0.4 is 5.19 Å². The van der Waals surface area contributed by atoms with Gasteiger partial charge in [0.25, 0.3) is 0 Å². The minimum atomic E-state index is -0.511. The van der Waals surface area contributed by atoms with Crippen molar-refractivity contribution in [3.8, 4) is 0 Å². The lowest BCUT2D eigenvalue weighted by Crippen LogP contribution is -2.41. The van der Waals surface area contributed by atoms with Gasteiger partial charge in [-0.1, -0.05) is 71.8 Å². The Hall–Kier alpha value is -1.60. The van der Waals surface area contributed by atoms with Gasteiger partial charge in [0.15, 0.2) is 0 Å². The van der Waals surface area contributed by atoms with Crippen LogP contribution in [0.25, 0.3) is 0 Å². The van der Waals surface area contributed by atoms with E-state index in [2.05, 4.69) is 91.8 Å². The van der Waals surface area contributed by atoms with Gasteiger partial charge in [-0.3, -0.25) is 0 Å². The second-order valence-corrected chi connectivity index (χ2v) is 10.8. The van der Waals surface area contributed by atoms with Gasteiger partial charge in [-0.05, 0) is 70.2 Å². The van der Waals surface area contributed by atoms with Crippen LogP contribution in [0, 0.1) is 31.6 Å². The van der Waals surface area contributed by atoms with E-state index in [1.54, 1.807) is 21.5 Å². The topological polar surface area (TPSA) is 0 Å². The highest BCUT2D eigenvalue weighted by molar-refractivity contribution is 6.62. The van der Waals surface area contributed by atoms with E-state index in [4.69, 9.17) is 0 Å². The first kappa shape index (κ1) is 19.2. The fraction of sp³-hybridized carbons (Fsp3) is 0.440. The lowest BCUT2D eigenvalue weighted by molar-refractivity contribution is 0.224. The summed E-state index contributed by atoms with van der Waals surface area (Å²) in [6, 6.07) is 4.91. The van der Waals surface area contributed by atoms with Crippen LogP contribution in [0.5, 0.6) is 0 Å². The molecule has 0 fully saturated rings. The molecule has 0 N–H and O–H groups in total. The van der Waals surface area contributed by atoms with Crippen molar-refractivity contribution in [3.05, 3.63) is 75.0 Å². The summed E-state index contributed by atoms with van der Waals surface area (Å²) in [7, 11) is -0.511. The maximum atomic E-state index is 2.52. The highest BCUT2D eigenvalue weighted by atomic mass is 28.2. The second kappa shape index (κ2) is 6.53. The van der Waals surface area contributed by atoms with Crippen molar-refractivity contribution in [1.82, 2.24) is 0 Å². The standard InChI is InChI=1S/C25H34Si/c1-16-14-22(15-17(2)18(16)3)26-23-20(5)19(4)21(6)25(23,8)24(7)12-10-9-11-13-24/h9-12,14-15H,13,26H2,1-8H3. The van der Waals surface area contributed by atoms with Gasteiger partial charge in [-0.2, -0.15) is 0 Å². The summed E-state index contributed by atoms with van der Waals surface area (Å²) in [5.74, 6) is 0. The SMILES string of the molecule is CC1=C(C)C(C)(C2(C)C=CC=CC2)C([SiH2]c2cc(C)c(C)c(C)c2)=C1C. The Morgan fingerprint density at radius 3 is 2.00 bits per heavy atom. The Balaban J connectivity index is 2.10. The molecule has 0 bridgehead atoms. The molecule has 26 heavy (non-hydrogen) atoms. The Morgan fingerprint density at radius 1 is 0.846 bits per heavy atom. The summed E-state index contributed by atoms with van der Waals surface area (Å²) in [4.78, 5) is 0. The molecule has 0 radical (unpaired) electrons. The Kier molecular flexibility index (Phi) is 4.81. The van der Waals surface area contributed by atoms with E-state index in [0.29, 0.717) is 0 Å². The smallest absolute Gasteiger partial charge is 0.0837 e. The van der Waals surface area contributed by atoms with Crippen LogP contribution in [0.1, 0.15) is 57.7 Å². The molecule has 0 nitrogen and oxygen atoms in total. The molecule has 1 aromatic carbocycles. The van der Waals surface area contributed by atoms with Crippen molar-refractivity contribution in [1.29, 1.82) is 0 Å². The molecular formula is C25H34Si. The lowest BCUT2D eigenvalue weighted by atomic mass is 9.60. The van der Waals surface area contributed by atoms with Gasteiger partial charge in [0, 0.05) is 10.8 Å². The number of allylic oxidation sites excluding steroid dienone is 8. The van der Waals surface area contributed by atoms with E-state index >= 15 is 0 Å². The number of benzene rings is 1. The molecule has 0 aromatic heterocycles. The zero-order valence-electron chi connectivity index (χ0n) is 17.9. The van der Waals surface area contributed by atoms with Crippen LogP contribution >= 0.6 is 0 Å². The van der Waals surface area contributed by atoms with Gasteiger partial charge in [-0.25, -0.2) is 0 Å². The molecule has 0 saturated carbocycles. The van der Waals surface area contributed by atoms with E-state index in [1.807, 2.05) is 0 Å². The fourth-order valence-corrected chi connectivity index (χ4v) is 7.87. The average Bonchev–Trinajstić information content (AvgIpc) is 2.77. The highest BCUT2D eigenvalue weighted by Crippen LogP contribution is 2.59. The summed E-state index contributed by atoms with van der Waals surface area (Å²) in [5.41, 5.74) is 9.32. The first-order valence-corrected chi connectivity index (χ1v) is 11.3. The summed E-state index contributed by atoms with van der Waals surface area (Å²) in [5, 5.41) is 3.34. The van der Waals surface area contributed by atoms with Gasteiger partial charge < -0.3 is 0 Å². The van der Waals surface area contributed by atoms with E-state index in [1.165, 1.54) is 22.3 Å². The minimum Gasteiger partial charge on any atom is -0.0837 e. The molecule has 0 amide bonds. The number of hydrogen-bond acceptors (Lipinski definition) is 0. The third-order valence-electron chi connectivity index (χ3n) is 7.69. The van der Waals surface area contributed by atoms with Crippen molar-refractivity contribution < 1.29 is 0 Å². The zero-order chi connectivity index (χ0) is 19.3. The third-order valence-corrected chi connectivity index (χ3v) is 10.1. The molecule has 0 aliphatic heterocycles. The van der Waals surface area contributed by atoms with Crippen molar-refractivity contribution in [3.63, 3.8) is 0 Å². The summed E-state index contributed by atoms with van der Waals surface area (Å²) < 4.78 is 0. The number of aryl methyl sites for hydroxylation is 2. The van der Waals surface area contributed by atoms with Crippen molar-refractivity contribution >= 4 is 14.7 Å². The van der Waals surface area contributed by atoms with Crippen LogP contribution in [0.3, 0.4) is 0 Å². The van der Waals surface area contributed by atoms with Gasteiger partial charge in [-0.15, -0.1) is 0 Å². The molecule has 2 unspecified atom stereocenters. The predicted octanol–water partition coefficient (Wildman–Crippen LogP) is 5.56. The monoisotopic (exact) mass is 362 g/mol. The Morgan fingerprint density at radius 2 is 1.46 bits per heavy atom. The largest absolute Gasteiger partial charge is 0.0839 e. The van der Waals surface area contributed by atoms with Crippen LogP contribution in [-0.2, 0) is 0 Å². The van der Waals surface area contributed by atoms with Gasteiger partial charge in [0.2, 0.25) is 0 Å². The van der Waals surface area contributed by atoms with Gasteiger partial charge in [0.1, 0.15) is 0 Å². The normalized spacial score (nSPS) is 28.9. The molecule has 2 aliphatic rings. The fourth-order valence-electron chi connectivity index (χ4n) is 5.10. The summed E-state index contributed by atoms with van der Waals surface area (Å²) >= 11 is 0. The second-order valence-electron chi connectivity index (χ2n) is 8.92. The molecule has 2 atom stereocenters. The molecule has 0 saturated heterocycles. The van der Waals surface area contributed by atoms with Crippen LogP contribution in [0.15, 0.2) is 58.4 Å². The molecule has 0 heterocycles. The predicted molar refractivity (Wildman–Crippen MR) is 119 cm³/mol. The molecule has 138 valence electrons. The quantitative estimate of drug-likeness (QED) is 0.618. The molecular weight excluding hydrogens is 328 g/mol. The van der Waals surface area contributed by atoms with E-state index in [9.17, 15) is 0 Å². The Bertz CT molecular complexity index is 854. The van der Waals surface area contributed by atoms with Gasteiger partial charge >= 0.3 is 0 Å². The van der Waals surface area contributed by atoms with E-state index < -0.39 is 9.52 Å². The van der Waals surface area contributed by atoms with Crippen LogP contribution in [-0.4, -0.2) is 9.52 Å². The minimum absolute atomic E-state index is 0.140.